The monoisotopic (exact) mass is 850 g/mol. The molecule has 0 unspecified atom stereocenters. The van der Waals surface area contributed by atoms with Crippen LogP contribution in [0, 0.1) is 5.82 Å². The van der Waals surface area contributed by atoms with Gasteiger partial charge in [-0.15, -0.1) is 0 Å². The molecule has 0 atom stereocenters. The molecule has 0 bridgehead atoms. The van der Waals surface area contributed by atoms with Gasteiger partial charge >= 0.3 is 23.5 Å². The van der Waals surface area contributed by atoms with Crippen LogP contribution < -0.4 is 28.4 Å². The summed E-state index contributed by atoms with van der Waals surface area (Å²) in [5, 5.41) is 7.07. The molecule has 3 heterocycles. The Hall–Kier alpha value is -8.51. The highest BCUT2D eigenvalue weighted by Gasteiger charge is 2.49. The van der Waals surface area contributed by atoms with E-state index in [1.807, 2.05) is 121 Å². The lowest BCUT2D eigenvalue weighted by Gasteiger charge is -2.28. The standard InChI is InChI=1S/C52H35FN2O9/c53-40-24-21-33(22-25-40)23-26-41-31-42(55-54-41)50(58)60-44-29-35(30-46-48(44)64-52(62-46,38-17-9-3-10-18-38)39-19-11-4-12-20-39)49(57)59-43-27-34(32-56)28-45-47(43)63-51(61-45,36-13-5-1-6-14-36)37-15-7-2-8-16-37/h1-22,24-25,27-32H,23,26H2,(H,54,55). The van der Waals surface area contributed by atoms with Gasteiger partial charge < -0.3 is 28.4 Å². The zero-order valence-corrected chi connectivity index (χ0v) is 33.7. The van der Waals surface area contributed by atoms with Crippen molar-refractivity contribution in [1.29, 1.82) is 0 Å². The van der Waals surface area contributed by atoms with E-state index in [4.69, 9.17) is 28.4 Å². The molecule has 1 aromatic heterocycles. The summed E-state index contributed by atoms with van der Waals surface area (Å²) in [5.41, 5.74) is 4.14. The molecule has 7 aromatic carbocycles. The van der Waals surface area contributed by atoms with Crippen molar-refractivity contribution in [2.24, 2.45) is 0 Å². The number of hydrogen-bond acceptors (Lipinski definition) is 10. The van der Waals surface area contributed by atoms with Gasteiger partial charge in [-0.3, -0.25) is 9.89 Å². The number of ether oxygens (including phenoxy) is 6. The first-order valence-electron chi connectivity index (χ1n) is 20.3. The Morgan fingerprint density at radius 1 is 0.562 bits per heavy atom. The number of halogens is 1. The Labute approximate surface area is 365 Å². The number of aromatic nitrogens is 2. The van der Waals surface area contributed by atoms with Crippen LogP contribution in [0.3, 0.4) is 0 Å². The lowest BCUT2D eigenvalue weighted by atomic mass is 9.97. The van der Waals surface area contributed by atoms with Crippen LogP contribution in [0.25, 0.3) is 0 Å². The fourth-order valence-corrected chi connectivity index (χ4v) is 7.77. The molecule has 1 N–H and O–H groups in total. The van der Waals surface area contributed by atoms with Gasteiger partial charge in [0.2, 0.25) is 11.5 Å². The summed E-state index contributed by atoms with van der Waals surface area (Å²) >= 11 is 0. The molecular formula is C52H35FN2O9. The highest BCUT2D eigenvalue weighted by molar-refractivity contribution is 5.95. The number of aromatic amines is 1. The first-order valence-corrected chi connectivity index (χ1v) is 20.3. The topological polar surface area (TPSA) is 135 Å². The molecule has 0 fully saturated rings. The van der Waals surface area contributed by atoms with Crippen molar-refractivity contribution in [3.05, 3.63) is 232 Å². The van der Waals surface area contributed by atoms with Gasteiger partial charge in [0.25, 0.3) is 0 Å². The van der Waals surface area contributed by atoms with Crippen LogP contribution in [-0.4, -0.2) is 28.4 Å². The molecule has 2 aliphatic heterocycles. The molecular weight excluding hydrogens is 816 g/mol. The molecule has 2 aliphatic rings. The van der Waals surface area contributed by atoms with E-state index in [2.05, 4.69) is 10.2 Å². The third-order valence-corrected chi connectivity index (χ3v) is 10.9. The molecule has 11 nitrogen and oxygen atoms in total. The number of carbonyl (C=O) groups excluding carboxylic acids is 3. The minimum absolute atomic E-state index is 0.0363. The highest BCUT2D eigenvalue weighted by Crippen LogP contribution is 2.54. The smallest absolute Gasteiger partial charge is 0.364 e. The highest BCUT2D eigenvalue weighted by atomic mass is 19.1. The first kappa shape index (κ1) is 39.6. The van der Waals surface area contributed by atoms with Gasteiger partial charge in [0, 0.05) is 33.5 Å². The molecule has 8 aromatic rings. The SMILES string of the molecule is O=Cc1cc(OC(=O)c2cc(OC(=O)c3cc(CCc4ccc(F)cc4)[nH]n3)c3c(c2)OC(c2ccccc2)(c2ccccc2)O3)c2c(c1)OC(c1ccccc1)(c1ccccc1)O2. The van der Waals surface area contributed by atoms with E-state index >= 15 is 0 Å². The van der Waals surface area contributed by atoms with Gasteiger partial charge in [0.15, 0.2) is 28.7 Å². The Kier molecular flexibility index (Phi) is 10.2. The summed E-state index contributed by atoms with van der Waals surface area (Å²) in [6.45, 7) is 0. The van der Waals surface area contributed by atoms with Crippen molar-refractivity contribution >= 4 is 18.2 Å². The van der Waals surface area contributed by atoms with Crippen molar-refractivity contribution in [3.8, 4) is 34.5 Å². The number of rotatable bonds is 12. The maximum atomic E-state index is 14.5. The Bertz CT molecular complexity index is 2940. The Morgan fingerprint density at radius 3 is 1.56 bits per heavy atom. The van der Waals surface area contributed by atoms with Gasteiger partial charge in [0.05, 0.1) is 5.56 Å². The fraction of sp³-hybridized carbons (Fsp3) is 0.0769. The van der Waals surface area contributed by atoms with Gasteiger partial charge in [-0.25, -0.2) is 14.0 Å². The largest absolute Gasteiger partial charge is 0.440 e. The second kappa shape index (κ2) is 16.4. The van der Waals surface area contributed by atoms with Crippen molar-refractivity contribution in [1.82, 2.24) is 10.2 Å². The number of H-pyrrole nitrogens is 1. The van der Waals surface area contributed by atoms with Crippen molar-refractivity contribution in [3.63, 3.8) is 0 Å². The summed E-state index contributed by atoms with van der Waals surface area (Å²) in [6.07, 6.45) is 1.66. The predicted octanol–water partition coefficient (Wildman–Crippen LogP) is 9.93. The van der Waals surface area contributed by atoms with E-state index in [1.165, 1.54) is 36.4 Å². The Morgan fingerprint density at radius 2 is 1.05 bits per heavy atom. The zero-order chi connectivity index (χ0) is 43.7. The third-order valence-electron chi connectivity index (χ3n) is 10.9. The predicted molar refractivity (Wildman–Crippen MR) is 230 cm³/mol. The average molecular weight is 851 g/mol. The molecule has 10 rings (SSSR count). The maximum Gasteiger partial charge on any atom is 0.364 e. The van der Waals surface area contributed by atoms with Crippen LogP contribution >= 0.6 is 0 Å². The second-order valence-corrected chi connectivity index (χ2v) is 15.1. The van der Waals surface area contributed by atoms with Crippen LogP contribution in [-0.2, 0) is 24.4 Å². The number of nitrogens with zero attached hydrogens (tertiary/aromatic N) is 1. The normalized spacial score (nSPS) is 13.8. The van der Waals surface area contributed by atoms with Gasteiger partial charge in [0.1, 0.15) is 12.1 Å². The molecule has 0 radical (unpaired) electrons. The van der Waals surface area contributed by atoms with Crippen molar-refractivity contribution < 1.29 is 47.2 Å². The van der Waals surface area contributed by atoms with Crippen LogP contribution in [0.2, 0.25) is 0 Å². The van der Waals surface area contributed by atoms with Gasteiger partial charge in [-0.2, -0.15) is 5.10 Å². The number of fused-ring (bicyclic) bond motifs is 2. The van der Waals surface area contributed by atoms with Crippen LogP contribution in [0.4, 0.5) is 4.39 Å². The summed E-state index contributed by atoms with van der Waals surface area (Å²) < 4.78 is 52.2. The van der Waals surface area contributed by atoms with E-state index in [0.29, 0.717) is 47.1 Å². The minimum Gasteiger partial charge on any atom is -0.440 e. The maximum absolute atomic E-state index is 14.5. The van der Waals surface area contributed by atoms with Crippen LogP contribution in [0.1, 0.15) is 64.7 Å². The zero-order valence-electron chi connectivity index (χ0n) is 33.7. The number of nitrogens with one attached hydrogen (secondary N) is 1. The molecule has 64 heavy (non-hydrogen) atoms. The molecule has 0 aliphatic carbocycles. The lowest BCUT2D eigenvalue weighted by molar-refractivity contribution is -0.0468. The number of hydrogen-bond donors (Lipinski definition) is 1. The summed E-state index contributed by atoms with van der Waals surface area (Å²) in [6, 6.07) is 50.4. The number of carbonyl (C=O) groups is 3. The fourth-order valence-electron chi connectivity index (χ4n) is 7.77. The van der Waals surface area contributed by atoms with Crippen LogP contribution in [0.5, 0.6) is 34.5 Å². The second-order valence-electron chi connectivity index (χ2n) is 15.1. The summed E-state index contributed by atoms with van der Waals surface area (Å²) in [7, 11) is 0. The number of esters is 2. The van der Waals surface area contributed by atoms with E-state index in [0.717, 1.165) is 5.56 Å². The van der Waals surface area contributed by atoms with E-state index in [-0.39, 0.29) is 57.1 Å². The minimum atomic E-state index is -1.56. The van der Waals surface area contributed by atoms with E-state index in [9.17, 15) is 18.8 Å². The van der Waals surface area contributed by atoms with E-state index in [1.54, 1.807) is 18.2 Å². The molecule has 0 saturated heterocycles. The number of aldehydes is 1. The lowest BCUT2D eigenvalue weighted by Crippen LogP contribution is -2.36. The number of aryl methyl sites for hydroxylation is 2. The third kappa shape index (κ3) is 7.36. The summed E-state index contributed by atoms with van der Waals surface area (Å²) in [4.78, 5) is 40.6. The molecule has 314 valence electrons. The van der Waals surface area contributed by atoms with Crippen LogP contribution in [0.15, 0.2) is 176 Å². The molecule has 12 heteroatoms. The van der Waals surface area contributed by atoms with Crippen molar-refractivity contribution in [2.75, 3.05) is 0 Å². The quantitative estimate of drug-likeness (QED) is 0.0719. The van der Waals surface area contributed by atoms with Crippen molar-refractivity contribution in [2.45, 2.75) is 24.4 Å². The Balaban J connectivity index is 1.01. The van der Waals surface area contributed by atoms with Gasteiger partial charge in [-0.05, 0) is 60.9 Å². The summed E-state index contributed by atoms with van der Waals surface area (Å²) in [5.74, 6) is -5.01. The molecule has 0 amide bonds. The number of benzene rings is 7. The van der Waals surface area contributed by atoms with Gasteiger partial charge in [-0.1, -0.05) is 133 Å². The van der Waals surface area contributed by atoms with E-state index < -0.39 is 23.5 Å². The first-order chi connectivity index (χ1) is 31.3. The average Bonchev–Trinajstić information content (AvgIpc) is 4.10. The molecule has 0 spiro atoms. The molecule has 0 saturated carbocycles.